The van der Waals surface area contributed by atoms with Gasteiger partial charge in [0.1, 0.15) is 5.82 Å². The van der Waals surface area contributed by atoms with Gasteiger partial charge in [-0.15, -0.1) is 10.2 Å². The second-order valence-corrected chi connectivity index (χ2v) is 6.92. The van der Waals surface area contributed by atoms with Crippen molar-refractivity contribution < 1.29 is 9.90 Å². The Morgan fingerprint density at radius 2 is 2.00 bits per heavy atom. The van der Waals surface area contributed by atoms with E-state index < -0.39 is 5.60 Å². The van der Waals surface area contributed by atoms with E-state index in [9.17, 15) is 9.90 Å². The lowest BCUT2D eigenvalue weighted by Gasteiger charge is -2.28. The van der Waals surface area contributed by atoms with Gasteiger partial charge in [0, 0.05) is 13.1 Å². The predicted octanol–water partition coefficient (Wildman–Crippen LogP) is 1.81. The standard InChI is InChI=1S/C16H27N5O2/c1-12-19-20-14-13(7-6-10-21(12)14)18-15(22)17-11-16(23)8-4-2-3-5-9-16/h13,23H,2-11H2,1H3,(H2,17,18,22). The number of aliphatic hydroxyl groups is 1. The van der Waals surface area contributed by atoms with Crippen LogP contribution in [0.25, 0.3) is 0 Å². The van der Waals surface area contributed by atoms with Gasteiger partial charge in [-0.1, -0.05) is 25.7 Å². The maximum Gasteiger partial charge on any atom is 0.315 e. The van der Waals surface area contributed by atoms with E-state index in [0.717, 1.165) is 56.7 Å². The number of amides is 2. The molecule has 3 N–H and O–H groups in total. The van der Waals surface area contributed by atoms with Crippen molar-refractivity contribution in [1.82, 2.24) is 25.4 Å². The Morgan fingerprint density at radius 3 is 2.74 bits per heavy atom. The molecule has 0 saturated heterocycles. The molecule has 23 heavy (non-hydrogen) atoms. The third-order valence-electron chi connectivity index (χ3n) is 5.07. The van der Waals surface area contributed by atoms with Crippen LogP contribution >= 0.6 is 0 Å². The van der Waals surface area contributed by atoms with Gasteiger partial charge in [0.15, 0.2) is 5.82 Å². The summed E-state index contributed by atoms with van der Waals surface area (Å²) in [6.07, 6.45) is 7.82. The summed E-state index contributed by atoms with van der Waals surface area (Å²) in [7, 11) is 0. The number of nitrogens with one attached hydrogen (secondary N) is 2. The zero-order valence-corrected chi connectivity index (χ0v) is 13.8. The highest BCUT2D eigenvalue weighted by molar-refractivity contribution is 5.74. The zero-order chi connectivity index (χ0) is 16.3. The largest absolute Gasteiger partial charge is 0.388 e. The van der Waals surface area contributed by atoms with Crippen molar-refractivity contribution in [2.45, 2.75) is 76.5 Å². The van der Waals surface area contributed by atoms with Crippen molar-refractivity contribution in [3.8, 4) is 0 Å². The lowest BCUT2D eigenvalue weighted by Crippen LogP contribution is -2.47. The quantitative estimate of drug-likeness (QED) is 0.740. The Labute approximate surface area is 136 Å². The maximum absolute atomic E-state index is 12.2. The van der Waals surface area contributed by atoms with E-state index in [0.29, 0.717) is 6.54 Å². The molecule has 2 aliphatic rings. The van der Waals surface area contributed by atoms with Crippen LogP contribution in [-0.4, -0.2) is 38.0 Å². The van der Waals surface area contributed by atoms with Gasteiger partial charge in [-0.3, -0.25) is 0 Å². The van der Waals surface area contributed by atoms with Crippen LogP contribution in [-0.2, 0) is 6.54 Å². The lowest BCUT2D eigenvalue weighted by atomic mass is 9.94. The molecular weight excluding hydrogens is 294 g/mol. The smallest absolute Gasteiger partial charge is 0.315 e. The first-order valence-corrected chi connectivity index (χ1v) is 8.74. The number of urea groups is 1. The number of hydrogen-bond donors (Lipinski definition) is 3. The molecule has 0 aromatic carbocycles. The summed E-state index contributed by atoms with van der Waals surface area (Å²) in [5.74, 6) is 1.72. The van der Waals surface area contributed by atoms with Gasteiger partial charge >= 0.3 is 6.03 Å². The number of hydrogen-bond acceptors (Lipinski definition) is 4. The summed E-state index contributed by atoms with van der Waals surface area (Å²) in [4.78, 5) is 12.2. The van der Waals surface area contributed by atoms with Crippen LogP contribution in [0.5, 0.6) is 0 Å². The van der Waals surface area contributed by atoms with Crippen LogP contribution in [0.15, 0.2) is 0 Å². The molecule has 1 saturated carbocycles. The minimum Gasteiger partial charge on any atom is -0.388 e. The Morgan fingerprint density at radius 1 is 1.26 bits per heavy atom. The molecule has 128 valence electrons. The monoisotopic (exact) mass is 321 g/mol. The van der Waals surface area contributed by atoms with E-state index in [1.165, 1.54) is 12.8 Å². The van der Waals surface area contributed by atoms with Crippen LogP contribution in [0, 0.1) is 6.92 Å². The topological polar surface area (TPSA) is 92.1 Å². The number of fused-ring (bicyclic) bond motifs is 1. The molecule has 7 heteroatoms. The van der Waals surface area contributed by atoms with Gasteiger partial charge in [0.25, 0.3) is 0 Å². The minimum absolute atomic E-state index is 0.103. The molecule has 1 aliphatic heterocycles. The van der Waals surface area contributed by atoms with Crippen molar-refractivity contribution in [2.75, 3.05) is 6.54 Å². The SMILES string of the molecule is Cc1nnc2n1CCCC2NC(=O)NCC1(O)CCCCCC1. The van der Waals surface area contributed by atoms with Crippen molar-refractivity contribution in [1.29, 1.82) is 0 Å². The van der Waals surface area contributed by atoms with Gasteiger partial charge < -0.3 is 20.3 Å². The summed E-state index contributed by atoms with van der Waals surface area (Å²) in [6.45, 7) is 3.16. The molecule has 3 rings (SSSR count). The Bertz CT molecular complexity index is 549. The molecule has 7 nitrogen and oxygen atoms in total. The van der Waals surface area contributed by atoms with Crippen LogP contribution in [0.2, 0.25) is 0 Å². The molecule has 1 unspecified atom stereocenters. The number of rotatable bonds is 3. The number of aromatic nitrogens is 3. The molecule has 1 atom stereocenters. The fourth-order valence-corrected chi connectivity index (χ4v) is 3.67. The third kappa shape index (κ3) is 3.83. The number of carbonyl (C=O) groups excluding carboxylic acids is 1. The fraction of sp³-hybridized carbons (Fsp3) is 0.812. The molecule has 1 aromatic rings. The molecule has 1 fully saturated rings. The Kier molecular flexibility index (Phi) is 4.84. The van der Waals surface area contributed by atoms with E-state index in [1.54, 1.807) is 0 Å². The van der Waals surface area contributed by atoms with Crippen molar-refractivity contribution >= 4 is 6.03 Å². The molecule has 1 aliphatic carbocycles. The van der Waals surface area contributed by atoms with Crippen LogP contribution < -0.4 is 10.6 Å². The second-order valence-electron chi connectivity index (χ2n) is 6.92. The van der Waals surface area contributed by atoms with E-state index in [4.69, 9.17) is 0 Å². The molecule has 0 spiro atoms. The first kappa shape index (κ1) is 16.2. The highest BCUT2D eigenvalue weighted by Crippen LogP contribution is 2.27. The van der Waals surface area contributed by atoms with Gasteiger partial charge in [-0.25, -0.2) is 4.79 Å². The maximum atomic E-state index is 12.2. The summed E-state index contributed by atoms with van der Waals surface area (Å²) < 4.78 is 2.06. The molecule has 0 bridgehead atoms. The van der Waals surface area contributed by atoms with Crippen molar-refractivity contribution in [3.05, 3.63) is 11.6 Å². The van der Waals surface area contributed by atoms with Crippen LogP contribution in [0.4, 0.5) is 4.79 Å². The van der Waals surface area contributed by atoms with E-state index in [-0.39, 0.29) is 12.1 Å². The normalized spacial score (nSPS) is 23.7. The van der Waals surface area contributed by atoms with E-state index in [1.807, 2.05) is 6.92 Å². The fourth-order valence-electron chi connectivity index (χ4n) is 3.67. The lowest BCUT2D eigenvalue weighted by molar-refractivity contribution is 0.0275. The van der Waals surface area contributed by atoms with Gasteiger partial charge in [-0.05, 0) is 32.6 Å². The average molecular weight is 321 g/mol. The minimum atomic E-state index is -0.753. The van der Waals surface area contributed by atoms with Crippen molar-refractivity contribution in [2.24, 2.45) is 0 Å². The number of carbonyl (C=O) groups is 1. The molecule has 0 radical (unpaired) electrons. The van der Waals surface area contributed by atoms with Gasteiger partial charge in [0.2, 0.25) is 0 Å². The summed E-state index contributed by atoms with van der Waals surface area (Å²) in [5, 5.41) is 24.7. The number of nitrogens with zero attached hydrogens (tertiary/aromatic N) is 3. The first-order valence-electron chi connectivity index (χ1n) is 8.74. The second kappa shape index (κ2) is 6.86. The van der Waals surface area contributed by atoms with Gasteiger partial charge in [0.05, 0.1) is 11.6 Å². The zero-order valence-electron chi connectivity index (χ0n) is 13.8. The van der Waals surface area contributed by atoms with Gasteiger partial charge in [-0.2, -0.15) is 0 Å². The molecule has 2 heterocycles. The third-order valence-corrected chi connectivity index (χ3v) is 5.07. The van der Waals surface area contributed by atoms with Crippen molar-refractivity contribution in [3.63, 3.8) is 0 Å². The summed E-state index contributed by atoms with van der Waals surface area (Å²) >= 11 is 0. The Hall–Kier alpha value is -1.63. The molecule has 1 aromatic heterocycles. The Balaban J connectivity index is 1.54. The van der Waals surface area contributed by atoms with E-state index in [2.05, 4.69) is 25.4 Å². The highest BCUT2D eigenvalue weighted by Gasteiger charge is 2.30. The molecular formula is C16H27N5O2. The average Bonchev–Trinajstić information content (AvgIpc) is 2.78. The van der Waals surface area contributed by atoms with E-state index >= 15 is 0 Å². The predicted molar refractivity (Wildman–Crippen MR) is 85.9 cm³/mol. The summed E-state index contributed by atoms with van der Waals surface area (Å²) in [6, 6.07) is -0.337. The number of aryl methyl sites for hydroxylation is 1. The highest BCUT2D eigenvalue weighted by atomic mass is 16.3. The van der Waals surface area contributed by atoms with Crippen LogP contribution in [0.1, 0.15) is 69.1 Å². The molecule has 2 amide bonds. The first-order chi connectivity index (χ1) is 11.1. The summed E-state index contributed by atoms with van der Waals surface area (Å²) in [5.41, 5.74) is -0.753. The van der Waals surface area contributed by atoms with Crippen LogP contribution in [0.3, 0.4) is 0 Å².